The smallest absolute Gasteiger partial charge is 0.137 e. The summed E-state index contributed by atoms with van der Waals surface area (Å²) in [5.74, 6) is 0.829. The molecule has 1 aliphatic rings. The third-order valence-corrected chi connectivity index (χ3v) is 3.48. The average Bonchev–Trinajstić information content (AvgIpc) is 2.96. The van der Waals surface area contributed by atoms with Gasteiger partial charge in [0.25, 0.3) is 0 Å². The van der Waals surface area contributed by atoms with Gasteiger partial charge in [0.05, 0.1) is 6.54 Å². The van der Waals surface area contributed by atoms with Crippen LogP contribution in [-0.4, -0.2) is 27.4 Å². The van der Waals surface area contributed by atoms with Gasteiger partial charge >= 0.3 is 0 Å². The molecule has 90 valence electrons. The molecule has 1 aromatic heterocycles. The minimum absolute atomic E-state index is 0.573. The van der Waals surface area contributed by atoms with Crippen LogP contribution < -0.4 is 5.32 Å². The molecule has 1 fully saturated rings. The van der Waals surface area contributed by atoms with Gasteiger partial charge in [0.2, 0.25) is 0 Å². The molecule has 0 saturated heterocycles. The third-order valence-electron chi connectivity index (χ3n) is 3.48. The minimum Gasteiger partial charge on any atom is -0.312 e. The van der Waals surface area contributed by atoms with E-state index in [0.717, 1.165) is 19.0 Å². The summed E-state index contributed by atoms with van der Waals surface area (Å²) in [5.41, 5.74) is 0. The highest BCUT2D eigenvalue weighted by atomic mass is 15.3. The van der Waals surface area contributed by atoms with Gasteiger partial charge in [-0.25, -0.2) is 4.98 Å². The van der Waals surface area contributed by atoms with Crippen LogP contribution in [0.2, 0.25) is 0 Å². The SMILES string of the molecule is CCCNC(Cn1cncn1)C1CCCC1. The maximum absolute atomic E-state index is 4.20. The molecule has 0 amide bonds. The van der Waals surface area contributed by atoms with Crippen molar-refractivity contribution < 1.29 is 0 Å². The van der Waals surface area contributed by atoms with E-state index in [-0.39, 0.29) is 0 Å². The summed E-state index contributed by atoms with van der Waals surface area (Å²) in [6, 6.07) is 0.573. The summed E-state index contributed by atoms with van der Waals surface area (Å²) < 4.78 is 1.95. The van der Waals surface area contributed by atoms with E-state index in [4.69, 9.17) is 0 Å². The standard InChI is InChI=1S/C12H22N4/c1-2-7-14-12(11-5-3-4-6-11)8-16-10-13-9-15-16/h9-12,14H,2-8H2,1H3. The lowest BCUT2D eigenvalue weighted by atomic mass is 9.98. The van der Waals surface area contributed by atoms with E-state index in [1.165, 1.54) is 32.1 Å². The Kier molecular flexibility index (Phi) is 4.34. The molecule has 0 radical (unpaired) electrons. The average molecular weight is 222 g/mol. The largest absolute Gasteiger partial charge is 0.312 e. The molecule has 1 atom stereocenters. The predicted octanol–water partition coefficient (Wildman–Crippen LogP) is 1.84. The quantitative estimate of drug-likeness (QED) is 0.798. The monoisotopic (exact) mass is 222 g/mol. The molecule has 16 heavy (non-hydrogen) atoms. The van der Waals surface area contributed by atoms with Crippen molar-refractivity contribution in [3.63, 3.8) is 0 Å². The van der Waals surface area contributed by atoms with Crippen molar-refractivity contribution in [3.05, 3.63) is 12.7 Å². The Morgan fingerprint density at radius 1 is 1.44 bits per heavy atom. The molecule has 1 heterocycles. The Hall–Kier alpha value is -0.900. The van der Waals surface area contributed by atoms with Gasteiger partial charge in [-0.3, -0.25) is 4.68 Å². The minimum atomic E-state index is 0.573. The molecule has 0 spiro atoms. The van der Waals surface area contributed by atoms with Gasteiger partial charge < -0.3 is 5.32 Å². The lowest BCUT2D eigenvalue weighted by Crippen LogP contribution is -2.39. The van der Waals surface area contributed by atoms with Crippen LogP contribution >= 0.6 is 0 Å². The summed E-state index contributed by atoms with van der Waals surface area (Å²) in [4.78, 5) is 4.01. The van der Waals surface area contributed by atoms with E-state index in [0.29, 0.717) is 6.04 Å². The molecule has 1 unspecified atom stereocenters. The molecule has 4 heteroatoms. The van der Waals surface area contributed by atoms with Crippen LogP contribution in [0.15, 0.2) is 12.7 Å². The molecule has 1 aliphatic carbocycles. The first kappa shape index (κ1) is 11.6. The Bertz CT molecular complexity index is 277. The first-order valence-corrected chi connectivity index (χ1v) is 6.46. The van der Waals surface area contributed by atoms with Crippen molar-refractivity contribution in [1.29, 1.82) is 0 Å². The lowest BCUT2D eigenvalue weighted by Gasteiger charge is -2.24. The Morgan fingerprint density at radius 3 is 2.88 bits per heavy atom. The van der Waals surface area contributed by atoms with E-state index < -0.39 is 0 Å². The van der Waals surface area contributed by atoms with E-state index >= 15 is 0 Å². The zero-order valence-electron chi connectivity index (χ0n) is 10.1. The van der Waals surface area contributed by atoms with Gasteiger partial charge in [-0.15, -0.1) is 0 Å². The van der Waals surface area contributed by atoms with Crippen LogP contribution in [-0.2, 0) is 6.54 Å². The Morgan fingerprint density at radius 2 is 2.25 bits per heavy atom. The summed E-state index contributed by atoms with van der Waals surface area (Å²) in [6.07, 6.45) is 10.2. The molecule has 1 saturated carbocycles. The van der Waals surface area contributed by atoms with E-state index in [9.17, 15) is 0 Å². The van der Waals surface area contributed by atoms with E-state index in [2.05, 4.69) is 22.3 Å². The topological polar surface area (TPSA) is 42.7 Å². The van der Waals surface area contributed by atoms with E-state index in [1.807, 2.05) is 11.0 Å². The van der Waals surface area contributed by atoms with Crippen molar-refractivity contribution in [3.8, 4) is 0 Å². The van der Waals surface area contributed by atoms with Crippen LogP contribution in [0, 0.1) is 5.92 Å². The Balaban J connectivity index is 1.90. The van der Waals surface area contributed by atoms with Gasteiger partial charge in [-0.1, -0.05) is 19.8 Å². The van der Waals surface area contributed by atoms with Crippen molar-refractivity contribution in [2.45, 2.75) is 51.6 Å². The fourth-order valence-electron chi connectivity index (χ4n) is 2.60. The highest BCUT2D eigenvalue weighted by Gasteiger charge is 2.24. The number of aromatic nitrogens is 3. The van der Waals surface area contributed by atoms with Crippen molar-refractivity contribution in [1.82, 2.24) is 20.1 Å². The second-order valence-electron chi connectivity index (χ2n) is 4.72. The summed E-state index contributed by atoms with van der Waals surface area (Å²) in [7, 11) is 0. The summed E-state index contributed by atoms with van der Waals surface area (Å²) in [5, 5.41) is 7.86. The number of hydrogen-bond acceptors (Lipinski definition) is 3. The first-order valence-electron chi connectivity index (χ1n) is 6.46. The van der Waals surface area contributed by atoms with Gasteiger partial charge in [0, 0.05) is 6.04 Å². The molecule has 0 aromatic carbocycles. The highest BCUT2D eigenvalue weighted by Crippen LogP contribution is 2.28. The fourth-order valence-corrected chi connectivity index (χ4v) is 2.60. The molecular formula is C12H22N4. The number of rotatable bonds is 6. The molecule has 2 rings (SSSR count). The zero-order valence-corrected chi connectivity index (χ0v) is 10.1. The second-order valence-corrected chi connectivity index (χ2v) is 4.72. The van der Waals surface area contributed by atoms with Crippen molar-refractivity contribution >= 4 is 0 Å². The molecule has 1 N–H and O–H groups in total. The van der Waals surface area contributed by atoms with Crippen LogP contribution in [0.1, 0.15) is 39.0 Å². The molecule has 1 aromatic rings. The molecule has 0 aliphatic heterocycles. The maximum atomic E-state index is 4.20. The van der Waals surface area contributed by atoms with Crippen LogP contribution in [0.5, 0.6) is 0 Å². The van der Waals surface area contributed by atoms with Gasteiger partial charge in [-0.05, 0) is 31.7 Å². The number of hydrogen-bond donors (Lipinski definition) is 1. The van der Waals surface area contributed by atoms with Crippen LogP contribution in [0.3, 0.4) is 0 Å². The molecule has 0 bridgehead atoms. The van der Waals surface area contributed by atoms with Crippen LogP contribution in [0.25, 0.3) is 0 Å². The second kappa shape index (κ2) is 5.99. The Labute approximate surface area is 97.5 Å². The van der Waals surface area contributed by atoms with Gasteiger partial charge in [0.1, 0.15) is 12.7 Å². The fraction of sp³-hybridized carbons (Fsp3) is 0.833. The third kappa shape index (κ3) is 3.04. The molecule has 4 nitrogen and oxygen atoms in total. The first-order chi connectivity index (χ1) is 7.90. The summed E-state index contributed by atoms with van der Waals surface area (Å²) in [6.45, 7) is 4.29. The van der Waals surface area contributed by atoms with E-state index in [1.54, 1.807) is 6.33 Å². The van der Waals surface area contributed by atoms with Gasteiger partial charge in [0.15, 0.2) is 0 Å². The highest BCUT2D eigenvalue weighted by molar-refractivity contribution is 4.80. The van der Waals surface area contributed by atoms with Crippen LogP contribution in [0.4, 0.5) is 0 Å². The van der Waals surface area contributed by atoms with Gasteiger partial charge in [-0.2, -0.15) is 5.10 Å². The predicted molar refractivity (Wildman–Crippen MR) is 64.1 cm³/mol. The van der Waals surface area contributed by atoms with Crippen molar-refractivity contribution in [2.75, 3.05) is 6.54 Å². The number of nitrogens with one attached hydrogen (secondary N) is 1. The zero-order chi connectivity index (χ0) is 11.2. The summed E-state index contributed by atoms with van der Waals surface area (Å²) >= 11 is 0. The number of nitrogens with zero attached hydrogens (tertiary/aromatic N) is 3. The lowest BCUT2D eigenvalue weighted by molar-refractivity contribution is 0.312. The molecular weight excluding hydrogens is 200 g/mol. The normalized spacial score (nSPS) is 19.1. The van der Waals surface area contributed by atoms with Crippen molar-refractivity contribution in [2.24, 2.45) is 5.92 Å². The maximum Gasteiger partial charge on any atom is 0.137 e.